The van der Waals surface area contributed by atoms with E-state index >= 15 is 0 Å². The first-order valence-electron chi connectivity index (χ1n) is 12.5. The highest BCUT2D eigenvalue weighted by Crippen LogP contribution is 2.33. The first-order chi connectivity index (χ1) is 17.0. The second kappa shape index (κ2) is 10.2. The summed E-state index contributed by atoms with van der Waals surface area (Å²) in [6, 6.07) is 14.0. The Balaban J connectivity index is 1.63. The molecule has 0 spiro atoms. The number of carbonyl (C=O) groups is 2. The number of aromatic nitrogens is 2. The molecule has 0 aliphatic carbocycles. The molecule has 1 saturated heterocycles. The molecule has 2 amide bonds. The first-order valence-corrected chi connectivity index (χ1v) is 12.5. The molecule has 7 nitrogen and oxygen atoms in total. The van der Waals surface area contributed by atoms with Crippen molar-refractivity contribution in [2.45, 2.75) is 65.9 Å². The van der Waals surface area contributed by atoms with Gasteiger partial charge in [-0.2, -0.15) is 5.10 Å². The number of anilines is 1. The van der Waals surface area contributed by atoms with Gasteiger partial charge >= 0.3 is 6.09 Å². The molecule has 1 aliphatic heterocycles. The van der Waals surface area contributed by atoms with Crippen molar-refractivity contribution in [2.75, 3.05) is 18.4 Å². The summed E-state index contributed by atoms with van der Waals surface area (Å²) in [6.45, 7) is 12.8. The lowest BCUT2D eigenvalue weighted by molar-refractivity contribution is 0.0203. The van der Waals surface area contributed by atoms with E-state index in [9.17, 15) is 9.59 Å². The lowest BCUT2D eigenvalue weighted by Gasteiger charge is -2.34. The summed E-state index contributed by atoms with van der Waals surface area (Å²) >= 11 is 0. The maximum atomic E-state index is 13.6. The Morgan fingerprint density at radius 1 is 1.00 bits per heavy atom. The normalized spacial score (nSPS) is 14.6. The smallest absolute Gasteiger partial charge is 0.410 e. The Labute approximate surface area is 213 Å². The van der Waals surface area contributed by atoms with Crippen LogP contribution in [0, 0.1) is 20.8 Å². The fourth-order valence-corrected chi connectivity index (χ4v) is 4.92. The zero-order chi connectivity index (χ0) is 26.0. The number of nitrogens with zero attached hydrogens (tertiary/aromatic N) is 3. The average molecular weight is 489 g/mol. The van der Waals surface area contributed by atoms with Gasteiger partial charge in [0.05, 0.1) is 23.1 Å². The summed E-state index contributed by atoms with van der Waals surface area (Å²) in [6.07, 6.45) is 2.82. The van der Waals surface area contributed by atoms with Crippen LogP contribution in [0.5, 0.6) is 0 Å². The van der Waals surface area contributed by atoms with Gasteiger partial charge in [0.25, 0.3) is 5.91 Å². The highest BCUT2D eigenvalue weighted by molar-refractivity contribution is 6.06. The summed E-state index contributed by atoms with van der Waals surface area (Å²) in [4.78, 5) is 27.9. The lowest BCUT2D eigenvalue weighted by atomic mass is 9.90. The van der Waals surface area contributed by atoms with Crippen LogP contribution in [-0.4, -0.2) is 45.4 Å². The maximum absolute atomic E-state index is 13.6. The molecular weight excluding hydrogens is 452 g/mol. The molecule has 1 aromatic heterocycles. The van der Waals surface area contributed by atoms with Crippen molar-refractivity contribution >= 4 is 17.7 Å². The number of likely N-dealkylation sites (tertiary alicyclic amines) is 1. The van der Waals surface area contributed by atoms with Gasteiger partial charge in [0.15, 0.2) is 0 Å². The van der Waals surface area contributed by atoms with Crippen LogP contribution in [0.1, 0.15) is 72.3 Å². The topological polar surface area (TPSA) is 76.5 Å². The highest BCUT2D eigenvalue weighted by Gasteiger charge is 2.32. The molecule has 3 aromatic rings. The summed E-state index contributed by atoms with van der Waals surface area (Å²) in [7, 11) is 0. The Hall–Kier alpha value is -3.61. The quantitative estimate of drug-likeness (QED) is 0.477. The molecule has 2 heterocycles. The monoisotopic (exact) mass is 488 g/mol. The third kappa shape index (κ3) is 5.61. The number of hydrogen-bond acceptors (Lipinski definition) is 4. The molecule has 4 rings (SSSR count). The van der Waals surface area contributed by atoms with Crippen LogP contribution in [0.2, 0.25) is 0 Å². The molecule has 0 atom stereocenters. The number of carbonyl (C=O) groups excluding carboxylic acids is 2. The van der Waals surface area contributed by atoms with Crippen LogP contribution in [0.25, 0.3) is 5.69 Å². The number of nitrogens with one attached hydrogen (secondary N) is 1. The summed E-state index contributed by atoms with van der Waals surface area (Å²) < 4.78 is 7.43. The molecule has 2 aromatic carbocycles. The second-order valence-corrected chi connectivity index (χ2v) is 10.7. The molecule has 1 N–H and O–H groups in total. The number of hydrogen-bond donors (Lipinski definition) is 1. The van der Waals surface area contributed by atoms with E-state index in [-0.39, 0.29) is 17.9 Å². The van der Waals surface area contributed by atoms with Crippen LogP contribution in [-0.2, 0) is 4.74 Å². The van der Waals surface area contributed by atoms with Gasteiger partial charge in [0, 0.05) is 24.7 Å². The Kier molecular flexibility index (Phi) is 7.20. The third-order valence-corrected chi connectivity index (χ3v) is 6.50. The van der Waals surface area contributed by atoms with Crippen molar-refractivity contribution < 1.29 is 14.3 Å². The van der Waals surface area contributed by atoms with Gasteiger partial charge in [0.2, 0.25) is 0 Å². The van der Waals surface area contributed by atoms with E-state index in [0.717, 1.165) is 46.6 Å². The molecule has 0 radical (unpaired) electrons. The molecule has 0 bridgehead atoms. The van der Waals surface area contributed by atoms with Crippen LogP contribution < -0.4 is 5.32 Å². The standard InChI is InChI=1S/C29H36N4O3/c1-19-16-20(2)25(21(3)17-19)31-27(34)24-18-30-33(23-10-8-7-9-11-23)26(24)22-12-14-32(15-13-22)28(35)36-29(4,5)6/h7-11,16-18,22H,12-15H2,1-6H3,(H,31,34). The molecule has 0 unspecified atom stereocenters. The minimum Gasteiger partial charge on any atom is -0.444 e. The number of piperidine rings is 1. The molecule has 7 heteroatoms. The van der Waals surface area contributed by atoms with Crippen molar-refractivity contribution in [1.82, 2.24) is 14.7 Å². The van der Waals surface area contributed by atoms with E-state index in [2.05, 4.69) is 29.5 Å². The van der Waals surface area contributed by atoms with Gasteiger partial charge in [-0.3, -0.25) is 4.79 Å². The predicted octanol–water partition coefficient (Wildman–Crippen LogP) is 6.16. The summed E-state index contributed by atoms with van der Waals surface area (Å²) in [5.41, 5.74) is 5.88. The Bertz CT molecular complexity index is 1230. The number of amides is 2. The van der Waals surface area contributed by atoms with Gasteiger partial charge in [-0.1, -0.05) is 35.9 Å². The largest absolute Gasteiger partial charge is 0.444 e. The minimum absolute atomic E-state index is 0.0763. The lowest BCUT2D eigenvalue weighted by Crippen LogP contribution is -2.41. The van der Waals surface area contributed by atoms with Gasteiger partial charge in [0.1, 0.15) is 5.60 Å². The van der Waals surface area contributed by atoms with E-state index in [0.29, 0.717) is 18.7 Å². The SMILES string of the molecule is Cc1cc(C)c(NC(=O)c2cnn(-c3ccccc3)c2C2CCN(C(=O)OC(C)(C)C)CC2)c(C)c1. The van der Waals surface area contributed by atoms with E-state index in [4.69, 9.17) is 4.74 Å². The van der Waals surface area contributed by atoms with E-state index < -0.39 is 5.60 Å². The minimum atomic E-state index is -0.530. The number of benzene rings is 2. The predicted molar refractivity (Wildman–Crippen MR) is 142 cm³/mol. The van der Waals surface area contributed by atoms with Crippen LogP contribution >= 0.6 is 0 Å². The number of aryl methyl sites for hydroxylation is 3. The number of para-hydroxylation sites is 1. The van der Waals surface area contributed by atoms with Crippen molar-refractivity contribution in [3.05, 3.63) is 76.6 Å². The van der Waals surface area contributed by atoms with Gasteiger partial charge < -0.3 is 15.0 Å². The molecular formula is C29H36N4O3. The number of rotatable bonds is 4. The van der Waals surface area contributed by atoms with Crippen LogP contribution in [0.4, 0.5) is 10.5 Å². The van der Waals surface area contributed by atoms with E-state index in [1.165, 1.54) is 0 Å². The molecule has 0 saturated carbocycles. The number of ether oxygens (including phenoxy) is 1. The Morgan fingerprint density at radius 3 is 2.19 bits per heavy atom. The average Bonchev–Trinajstić information content (AvgIpc) is 3.26. The molecule has 1 fully saturated rings. The zero-order valence-electron chi connectivity index (χ0n) is 22.1. The summed E-state index contributed by atoms with van der Waals surface area (Å²) in [5.74, 6) is -0.0934. The van der Waals surface area contributed by atoms with Gasteiger partial charge in [-0.15, -0.1) is 0 Å². The molecule has 190 valence electrons. The molecule has 1 aliphatic rings. The van der Waals surface area contributed by atoms with E-state index in [1.54, 1.807) is 11.1 Å². The Morgan fingerprint density at radius 2 is 1.61 bits per heavy atom. The fourth-order valence-electron chi connectivity index (χ4n) is 4.92. The zero-order valence-corrected chi connectivity index (χ0v) is 22.1. The first kappa shape index (κ1) is 25.5. The molecule has 36 heavy (non-hydrogen) atoms. The van der Waals surface area contributed by atoms with Crippen molar-refractivity contribution in [3.8, 4) is 5.69 Å². The van der Waals surface area contributed by atoms with Gasteiger partial charge in [-0.25, -0.2) is 9.48 Å². The third-order valence-electron chi connectivity index (χ3n) is 6.50. The fraction of sp³-hybridized carbons (Fsp3) is 0.414. The van der Waals surface area contributed by atoms with Crippen molar-refractivity contribution in [1.29, 1.82) is 0 Å². The maximum Gasteiger partial charge on any atom is 0.410 e. The second-order valence-electron chi connectivity index (χ2n) is 10.7. The van der Waals surface area contributed by atoms with E-state index in [1.807, 2.05) is 69.6 Å². The van der Waals surface area contributed by atoms with Crippen molar-refractivity contribution in [2.24, 2.45) is 0 Å². The van der Waals surface area contributed by atoms with Crippen molar-refractivity contribution in [3.63, 3.8) is 0 Å². The van der Waals surface area contributed by atoms with Gasteiger partial charge in [-0.05, 0) is 77.6 Å². The van der Waals surface area contributed by atoms with Crippen LogP contribution in [0.15, 0.2) is 48.7 Å². The highest BCUT2D eigenvalue weighted by atomic mass is 16.6. The van der Waals surface area contributed by atoms with Crippen LogP contribution in [0.3, 0.4) is 0 Å². The summed E-state index contributed by atoms with van der Waals surface area (Å²) in [5, 5.41) is 7.78.